The molecular formula is C13H11ClN2O. The second-order valence-electron chi connectivity index (χ2n) is 3.80. The molecule has 0 unspecified atom stereocenters. The lowest BCUT2D eigenvalue weighted by atomic mass is 10.1. The summed E-state index contributed by atoms with van der Waals surface area (Å²) in [5, 5.41) is 1.33. The van der Waals surface area contributed by atoms with Crippen molar-refractivity contribution in [2.75, 3.05) is 5.73 Å². The number of nitrogen functional groups attached to an aromatic ring is 1. The van der Waals surface area contributed by atoms with Gasteiger partial charge in [-0.1, -0.05) is 12.1 Å². The molecule has 1 heterocycles. The largest absolute Gasteiger partial charge is 0.399 e. The summed E-state index contributed by atoms with van der Waals surface area (Å²) in [6, 6.07) is 12.8. The average molecular weight is 247 g/mol. The quantitative estimate of drug-likeness (QED) is 0.473. The summed E-state index contributed by atoms with van der Waals surface area (Å²) < 4.78 is 0. The number of nitrogens with one attached hydrogen (secondary N) is 1. The molecule has 86 valence electrons. The van der Waals surface area contributed by atoms with Gasteiger partial charge in [-0.25, -0.2) is 0 Å². The zero-order valence-electron chi connectivity index (χ0n) is 8.94. The Bertz CT molecular complexity index is 749. The molecule has 4 heteroatoms. The minimum atomic E-state index is 0. The Morgan fingerprint density at radius 2 is 1.65 bits per heavy atom. The summed E-state index contributed by atoms with van der Waals surface area (Å²) in [5.74, 6) is 0. The van der Waals surface area contributed by atoms with E-state index in [1.807, 2.05) is 30.3 Å². The van der Waals surface area contributed by atoms with Crippen LogP contribution in [0.1, 0.15) is 0 Å². The maximum absolute atomic E-state index is 12.2. The standard InChI is InChI=1S/C13H10N2O.ClH/c14-8-5-6-12-10(7-8)13(16)9-3-1-2-4-11(9)15-12;/h1-7H,14H2,(H,15,16);1H. The summed E-state index contributed by atoms with van der Waals surface area (Å²) in [5.41, 5.74) is 7.98. The highest BCUT2D eigenvalue weighted by molar-refractivity contribution is 5.93. The van der Waals surface area contributed by atoms with Crippen molar-refractivity contribution in [2.45, 2.75) is 0 Å². The average Bonchev–Trinajstić information content (AvgIpc) is 2.31. The predicted octanol–water partition coefficient (Wildman–Crippen LogP) is 2.69. The van der Waals surface area contributed by atoms with Crippen LogP contribution < -0.4 is 11.2 Å². The van der Waals surface area contributed by atoms with E-state index < -0.39 is 0 Å². The third-order valence-corrected chi connectivity index (χ3v) is 2.73. The van der Waals surface area contributed by atoms with Crippen LogP contribution in [0.15, 0.2) is 47.3 Å². The Balaban J connectivity index is 0.00000108. The van der Waals surface area contributed by atoms with Crippen molar-refractivity contribution < 1.29 is 0 Å². The van der Waals surface area contributed by atoms with Crippen LogP contribution in [0.5, 0.6) is 0 Å². The van der Waals surface area contributed by atoms with Crippen LogP contribution in [0.4, 0.5) is 5.69 Å². The minimum absolute atomic E-state index is 0. The number of nitrogens with two attached hydrogens (primary N) is 1. The van der Waals surface area contributed by atoms with Crippen molar-refractivity contribution in [3.05, 3.63) is 52.7 Å². The second kappa shape index (κ2) is 4.11. The van der Waals surface area contributed by atoms with Gasteiger partial charge in [-0.2, -0.15) is 0 Å². The lowest BCUT2D eigenvalue weighted by molar-refractivity contribution is 1.48. The summed E-state index contributed by atoms with van der Waals surface area (Å²) in [4.78, 5) is 15.4. The van der Waals surface area contributed by atoms with Gasteiger partial charge in [0.15, 0.2) is 5.43 Å². The molecule has 0 spiro atoms. The third kappa shape index (κ3) is 1.74. The molecular weight excluding hydrogens is 236 g/mol. The molecule has 0 radical (unpaired) electrons. The highest BCUT2D eigenvalue weighted by Gasteiger charge is 2.04. The summed E-state index contributed by atoms with van der Waals surface area (Å²) in [6.07, 6.45) is 0. The lowest BCUT2D eigenvalue weighted by Crippen LogP contribution is -2.04. The summed E-state index contributed by atoms with van der Waals surface area (Å²) >= 11 is 0. The molecule has 0 fully saturated rings. The number of halogens is 1. The van der Waals surface area contributed by atoms with Crippen LogP contribution in [0.25, 0.3) is 21.8 Å². The van der Waals surface area contributed by atoms with Crippen molar-refractivity contribution >= 4 is 39.9 Å². The van der Waals surface area contributed by atoms with E-state index in [0.717, 1.165) is 11.0 Å². The first-order chi connectivity index (χ1) is 7.75. The van der Waals surface area contributed by atoms with Crippen molar-refractivity contribution in [1.82, 2.24) is 4.98 Å². The van der Waals surface area contributed by atoms with E-state index in [0.29, 0.717) is 16.5 Å². The van der Waals surface area contributed by atoms with Crippen LogP contribution >= 0.6 is 12.4 Å². The molecule has 3 nitrogen and oxygen atoms in total. The molecule has 3 N–H and O–H groups in total. The van der Waals surface area contributed by atoms with Crippen LogP contribution in [0.3, 0.4) is 0 Å². The van der Waals surface area contributed by atoms with Crippen LogP contribution in [-0.4, -0.2) is 4.98 Å². The Morgan fingerprint density at radius 1 is 0.941 bits per heavy atom. The van der Waals surface area contributed by atoms with Crippen molar-refractivity contribution in [3.8, 4) is 0 Å². The van der Waals surface area contributed by atoms with Crippen LogP contribution in [0, 0.1) is 0 Å². The smallest absolute Gasteiger partial charge is 0.197 e. The van der Waals surface area contributed by atoms with Gasteiger partial charge in [0.25, 0.3) is 0 Å². The molecule has 0 aliphatic rings. The summed E-state index contributed by atoms with van der Waals surface area (Å²) in [6.45, 7) is 0. The zero-order chi connectivity index (χ0) is 11.1. The number of anilines is 1. The van der Waals surface area contributed by atoms with E-state index in [1.54, 1.807) is 12.1 Å². The van der Waals surface area contributed by atoms with Crippen molar-refractivity contribution in [3.63, 3.8) is 0 Å². The molecule has 0 atom stereocenters. The van der Waals surface area contributed by atoms with Crippen molar-refractivity contribution in [2.24, 2.45) is 0 Å². The molecule has 0 aliphatic carbocycles. The number of para-hydroxylation sites is 1. The number of fused-ring (bicyclic) bond motifs is 2. The zero-order valence-corrected chi connectivity index (χ0v) is 9.75. The first-order valence-corrected chi connectivity index (χ1v) is 5.06. The van der Waals surface area contributed by atoms with Gasteiger partial charge in [0.2, 0.25) is 0 Å². The van der Waals surface area contributed by atoms with Gasteiger partial charge in [-0.3, -0.25) is 4.79 Å². The Hall–Kier alpha value is -2.00. The fourth-order valence-corrected chi connectivity index (χ4v) is 1.94. The number of H-pyrrole nitrogens is 1. The van der Waals surface area contributed by atoms with Gasteiger partial charge in [0.1, 0.15) is 0 Å². The molecule has 0 aliphatic heterocycles. The minimum Gasteiger partial charge on any atom is -0.399 e. The first kappa shape index (κ1) is 11.5. The number of aromatic amines is 1. The maximum atomic E-state index is 12.2. The Labute approximate surface area is 104 Å². The van der Waals surface area contributed by atoms with Gasteiger partial charge in [-0.15, -0.1) is 12.4 Å². The van der Waals surface area contributed by atoms with E-state index in [-0.39, 0.29) is 17.8 Å². The topological polar surface area (TPSA) is 58.9 Å². The number of pyridine rings is 1. The number of benzene rings is 2. The molecule has 0 saturated heterocycles. The Morgan fingerprint density at radius 3 is 2.47 bits per heavy atom. The fraction of sp³-hybridized carbons (Fsp3) is 0. The molecule has 0 saturated carbocycles. The molecule has 3 rings (SSSR count). The highest BCUT2D eigenvalue weighted by Crippen LogP contribution is 2.16. The third-order valence-electron chi connectivity index (χ3n) is 2.73. The van der Waals surface area contributed by atoms with E-state index in [1.165, 1.54) is 0 Å². The van der Waals surface area contributed by atoms with Crippen LogP contribution in [0.2, 0.25) is 0 Å². The fourth-order valence-electron chi connectivity index (χ4n) is 1.94. The maximum Gasteiger partial charge on any atom is 0.197 e. The Kier molecular flexibility index (Phi) is 2.77. The van der Waals surface area contributed by atoms with Crippen LogP contribution in [-0.2, 0) is 0 Å². The van der Waals surface area contributed by atoms with E-state index >= 15 is 0 Å². The van der Waals surface area contributed by atoms with E-state index in [2.05, 4.69) is 4.98 Å². The van der Waals surface area contributed by atoms with E-state index in [4.69, 9.17) is 5.73 Å². The van der Waals surface area contributed by atoms with E-state index in [9.17, 15) is 4.79 Å². The first-order valence-electron chi connectivity index (χ1n) is 5.06. The number of aromatic nitrogens is 1. The van der Waals surface area contributed by atoms with Gasteiger partial charge in [-0.05, 0) is 30.3 Å². The monoisotopic (exact) mass is 246 g/mol. The normalized spacial score (nSPS) is 10.4. The van der Waals surface area contributed by atoms with Crippen molar-refractivity contribution in [1.29, 1.82) is 0 Å². The highest BCUT2D eigenvalue weighted by atomic mass is 35.5. The lowest BCUT2D eigenvalue weighted by Gasteiger charge is -2.02. The molecule has 1 aromatic heterocycles. The SMILES string of the molecule is Cl.Nc1ccc2[nH]c3ccccc3c(=O)c2c1. The van der Waals surface area contributed by atoms with Gasteiger partial charge in [0.05, 0.1) is 0 Å². The molecule has 2 aromatic carbocycles. The van der Waals surface area contributed by atoms with Gasteiger partial charge in [0, 0.05) is 27.5 Å². The van der Waals surface area contributed by atoms with Gasteiger partial charge >= 0.3 is 0 Å². The molecule has 17 heavy (non-hydrogen) atoms. The van der Waals surface area contributed by atoms with Gasteiger partial charge < -0.3 is 10.7 Å². The second-order valence-corrected chi connectivity index (χ2v) is 3.80. The predicted molar refractivity (Wildman–Crippen MR) is 73.7 cm³/mol. The summed E-state index contributed by atoms with van der Waals surface area (Å²) in [7, 11) is 0. The number of rotatable bonds is 0. The number of hydrogen-bond donors (Lipinski definition) is 2. The molecule has 3 aromatic rings. The molecule has 0 amide bonds. The molecule has 0 bridgehead atoms. The number of hydrogen-bond acceptors (Lipinski definition) is 2.